The first kappa shape index (κ1) is 16.4. The van der Waals surface area contributed by atoms with Crippen LogP contribution in [0.5, 0.6) is 0 Å². The van der Waals surface area contributed by atoms with Crippen LogP contribution in [0.15, 0.2) is 21.5 Å². The van der Waals surface area contributed by atoms with Gasteiger partial charge in [0.2, 0.25) is 10.0 Å². The predicted octanol–water partition coefficient (Wildman–Crippen LogP) is 2.98. The van der Waals surface area contributed by atoms with Gasteiger partial charge < -0.3 is 5.73 Å². The molecular weight excluding hydrogens is 335 g/mol. The zero-order chi connectivity index (χ0) is 14.6. The van der Waals surface area contributed by atoms with Gasteiger partial charge in [-0.15, -0.1) is 0 Å². The number of benzene rings is 1. The number of halogens is 2. The highest BCUT2D eigenvalue weighted by molar-refractivity contribution is 9.10. The Kier molecular flexibility index (Phi) is 5.76. The first-order valence-corrected chi connectivity index (χ1v) is 8.32. The summed E-state index contributed by atoms with van der Waals surface area (Å²) in [6, 6.07) is 2.24. The first-order valence-electron chi connectivity index (χ1n) is 6.09. The Labute approximate surface area is 122 Å². The van der Waals surface area contributed by atoms with E-state index in [1.165, 1.54) is 4.31 Å². The second kappa shape index (κ2) is 6.67. The van der Waals surface area contributed by atoms with Crippen LogP contribution >= 0.6 is 15.9 Å². The Hall–Kier alpha value is -0.660. The first-order chi connectivity index (χ1) is 8.84. The van der Waals surface area contributed by atoms with Crippen LogP contribution in [0.3, 0.4) is 0 Å². The molecule has 0 aliphatic carbocycles. The molecule has 0 aromatic heterocycles. The van der Waals surface area contributed by atoms with Gasteiger partial charge in [-0.2, -0.15) is 4.31 Å². The van der Waals surface area contributed by atoms with Gasteiger partial charge in [0.05, 0.1) is 0 Å². The maximum absolute atomic E-state index is 13.9. The van der Waals surface area contributed by atoms with Crippen LogP contribution in [-0.2, 0) is 10.0 Å². The molecule has 0 spiro atoms. The fraction of sp³-hybridized carbons (Fsp3) is 0.500. The predicted molar refractivity (Wildman–Crippen MR) is 77.9 cm³/mol. The number of hydrogen-bond acceptors (Lipinski definition) is 3. The molecule has 2 N–H and O–H groups in total. The van der Waals surface area contributed by atoms with E-state index in [4.69, 9.17) is 5.73 Å². The van der Waals surface area contributed by atoms with Crippen molar-refractivity contribution in [3.63, 3.8) is 0 Å². The van der Waals surface area contributed by atoms with E-state index in [2.05, 4.69) is 15.9 Å². The molecule has 4 nitrogen and oxygen atoms in total. The molecule has 0 heterocycles. The van der Waals surface area contributed by atoms with Gasteiger partial charge in [0.15, 0.2) is 0 Å². The molecular formula is C12H18BrFN2O2S. The molecule has 1 aromatic rings. The number of nitrogens with two attached hydrogens (primary N) is 1. The molecule has 0 atom stereocenters. The van der Waals surface area contributed by atoms with Crippen molar-refractivity contribution in [1.82, 2.24) is 4.31 Å². The number of nitrogens with zero attached hydrogens (tertiary/aromatic N) is 1. The van der Waals surface area contributed by atoms with Gasteiger partial charge in [0, 0.05) is 23.2 Å². The maximum atomic E-state index is 13.9. The molecule has 1 rings (SSSR count). The second-order valence-corrected chi connectivity index (χ2v) is 6.97. The van der Waals surface area contributed by atoms with Gasteiger partial charge in [-0.3, -0.25) is 0 Å². The van der Waals surface area contributed by atoms with Crippen molar-refractivity contribution >= 4 is 31.6 Å². The highest BCUT2D eigenvalue weighted by Crippen LogP contribution is 2.28. The fourth-order valence-electron chi connectivity index (χ4n) is 1.73. The van der Waals surface area contributed by atoms with Crippen LogP contribution in [0.4, 0.5) is 10.1 Å². The molecule has 0 saturated heterocycles. The smallest absolute Gasteiger partial charge is 0.246 e. The number of nitrogen functional groups attached to an aromatic ring is 1. The standard InChI is InChI=1S/C12H18BrFN2O2S/c1-3-5-16(6-4-2)19(17,18)12-8-11(15)9(13)7-10(12)14/h7-8H,3-6,15H2,1-2H3. The summed E-state index contributed by atoms with van der Waals surface area (Å²) in [6.45, 7) is 4.49. The van der Waals surface area contributed by atoms with Gasteiger partial charge in [0.1, 0.15) is 10.7 Å². The molecule has 0 aliphatic heterocycles. The third kappa shape index (κ3) is 3.67. The van der Waals surface area contributed by atoms with E-state index in [0.717, 1.165) is 12.1 Å². The zero-order valence-corrected chi connectivity index (χ0v) is 13.4. The zero-order valence-electron chi connectivity index (χ0n) is 11.0. The molecule has 0 aliphatic rings. The molecule has 7 heteroatoms. The molecule has 1 aromatic carbocycles. The van der Waals surface area contributed by atoms with Crippen LogP contribution in [0.25, 0.3) is 0 Å². The lowest BCUT2D eigenvalue weighted by molar-refractivity contribution is 0.406. The summed E-state index contributed by atoms with van der Waals surface area (Å²) in [6.07, 6.45) is 1.35. The number of sulfonamides is 1. The minimum atomic E-state index is -3.84. The lowest BCUT2D eigenvalue weighted by atomic mass is 10.3. The van der Waals surface area contributed by atoms with E-state index < -0.39 is 15.8 Å². The van der Waals surface area contributed by atoms with E-state index in [-0.39, 0.29) is 10.6 Å². The summed E-state index contributed by atoms with van der Waals surface area (Å²) in [5.74, 6) is -0.793. The van der Waals surface area contributed by atoms with Gasteiger partial charge in [-0.1, -0.05) is 13.8 Å². The van der Waals surface area contributed by atoms with Gasteiger partial charge in [-0.25, -0.2) is 12.8 Å². The second-order valence-electron chi connectivity index (χ2n) is 4.21. The minimum Gasteiger partial charge on any atom is -0.398 e. The van der Waals surface area contributed by atoms with Crippen molar-refractivity contribution in [2.75, 3.05) is 18.8 Å². The van der Waals surface area contributed by atoms with Crippen LogP contribution < -0.4 is 5.73 Å². The molecule has 108 valence electrons. The molecule has 0 amide bonds. The van der Waals surface area contributed by atoms with Crippen LogP contribution in [-0.4, -0.2) is 25.8 Å². The Morgan fingerprint density at radius 3 is 2.26 bits per heavy atom. The van der Waals surface area contributed by atoms with Crippen molar-refractivity contribution in [2.24, 2.45) is 0 Å². The molecule has 0 unspecified atom stereocenters. The summed E-state index contributed by atoms with van der Waals surface area (Å²) in [4.78, 5) is -0.366. The summed E-state index contributed by atoms with van der Waals surface area (Å²) in [5, 5.41) is 0. The molecule has 0 fully saturated rings. The van der Waals surface area contributed by atoms with E-state index in [9.17, 15) is 12.8 Å². The van der Waals surface area contributed by atoms with Crippen molar-refractivity contribution in [3.8, 4) is 0 Å². The molecule has 0 saturated carbocycles. The lowest BCUT2D eigenvalue weighted by Gasteiger charge is -2.21. The van der Waals surface area contributed by atoms with Gasteiger partial charge in [0.25, 0.3) is 0 Å². The average molecular weight is 353 g/mol. The Morgan fingerprint density at radius 1 is 1.26 bits per heavy atom. The third-order valence-electron chi connectivity index (χ3n) is 2.62. The third-order valence-corrected chi connectivity index (χ3v) is 5.22. The van der Waals surface area contributed by atoms with E-state index >= 15 is 0 Å². The summed E-state index contributed by atoms with van der Waals surface area (Å²) >= 11 is 3.07. The SMILES string of the molecule is CCCN(CCC)S(=O)(=O)c1cc(N)c(Br)cc1F. The largest absolute Gasteiger partial charge is 0.398 e. The van der Waals surface area contributed by atoms with Crippen molar-refractivity contribution in [2.45, 2.75) is 31.6 Å². The highest BCUT2D eigenvalue weighted by atomic mass is 79.9. The van der Waals surface area contributed by atoms with Crippen LogP contribution in [0.2, 0.25) is 0 Å². The van der Waals surface area contributed by atoms with E-state index in [1.807, 2.05) is 13.8 Å². The van der Waals surface area contributed by atoms with Gasteiger partial charge >= 0.3 is 0 Å². The summed E-state index contributed by atoms with van der Waals surface area (Å²) in [7, 11) is -3.84. The normalized spacial score (nSPS) is 12.1. The van der Waals surface area contributed by atoms with Crippen molar-refractivity contribution in [1.29, 1.82) is 0 Å². The monoisotopic (exact) mass is 352 g/mol. The number of hydrogen-bond donors (Lipinski definition) is 1. The fourth-order valence-corrected chi connectivity index (χ4v) is 3.75. The summed E-state index contributed by atoms with van der Waals surface area (Å²) in [5.41, 5.74) is 5.84. The minimum absolute atomic E-state index is 0.202. The number of anilines is 1. The molecule has 19 heavy (non-hydrogen) atoms. The number of rotatable bonds is 6. The van der Waals surface area contributed by atoms with Crippen LogP contribution in [0.1, 0.15) is 26.7 Å². The maximum Gasteiger partial charge on any atom is 0.246 e. The average Bonchev–Trinajstić information content (AvgIpc) is 2.33. The lowest BCUT2D eigenvalue weighted by Crippen LogP contribution is -2.33. The van der Waals surface area contributed by atoms with Crippen LogP contribution in [0, 0.1) is 5.82 Å². The Balaban J connectivity index is 3.28. The Morgan fingerprint density at radius 2 is 1.79 bits per heavy atom. The van der Waals surface area contributed by atoms with Crippen molar-refractivity contribution in [3.05, 3.63) is 22.4 Å². The van der Waals surface area contributed by atoms with E-state index in [1.54, 1.807) is 0 Å². The highest BCUT2D eigenvalue weighted by Gasteiger charge is 2.27. The van der Waals surface area contributed by atoms with Gasteiger partial charge in [-0.05, 0) is 40.9 Å². The van der Waals surface area contributed by atoms with E-state index in [0.29, 0.717) is 30.4 Å². The Bertz CT molecular complexity index is 543. The molecule has 0 bridgehead atoms. The quantitative estimate of drug-likeness (QED) is 0.800. The van der Waals surface area contributed by atoms with Crippen molar-refractivity contribution < 1.29 is 12.8 Å². The topological polar surface area (TPSA) is 63.4 Å². The molecule has 0 radical (unpaired) electrons. The summed E-state index contributed by atoms with van der Waals surface area (Å²) < 4.78 is 40.3.